The molecule has 4 nitrogen and oxygen atoms in total. The Bertz CT molecular complexity index is 246. The number of aliphatic carboxylic acids is 1. The van der Waals surface area contributed by atoms with Crippen LogP contribution in [0.3, 0.4) is 0 Å². The molecule has 0 bridgehead atoms. The van der Waals surface area contributed by atoms with E-state index in [2.05, 4.69) is 0 Å². The van der Waals surface area contributed by atoms with Crippen molar-refractivity contribution < 1.29 is 19.4 Å². The van der Waals surface area contributed by atoms with Gasteiger partial charge >= 0.3 is 5.97 Å². The molecule has 0 saturated heterocycles. The largest absolute Gasteiger partial charge is 0.478 e. The van der Waals surface area contributed by atoms with Crippen LogP contribution in [-0.4, -0.2) is 41.8 Å². The second-order valence-electron chi connectivity index (χ2n) is 3.50. The molecule has 0 saturated carbocycles. The minimum absolute atomic E-state index is 0.269. The Morgan fingerprint density at radius 3 is 2.13 bits per heavy atom. The molecule has 0 aromatic carbocycles. The standard InChI is InChI=1S/C10H20O4Si/c1-5-7(15)8(6(2)9(11)12)10(13-3)14-4/h7,10H,5H2,1-4,15H3,(H,11,12). The molecule has 0 aromatic heterocycles. The Labute approximate surface area is 93.7 Å². The monoisotopic (exact) mass is 232 g/mol. The van der Waals surface area contributed by atoms with Gasteiger partial charge in [-0.2, -0.15) is 0 Å². The molecule has 88 valence electrons. The average Bonchev–Trinajstić information content (AvgIpc) is 2.23. The van der Waals surface area contributed by atoms with E-state index in [4.69, 9.17) is 14.6 Å². The summed E-state index contributed by atoms with van der Waals surface area (Å²) in [5.74, 6) is -0.904. The zero-order valence-corrected chi connectivity index (χ0v) is 12.0. The maximum atomic E-state index is 10.9. The van der Waals surface area contributed by atoms with Crippen molar-refractivity contribution in [2.45, 2.75) is 32.1 Å². The Morgan fingerprint density at radius 2 is 1.87 bits per heavy atom. The number of hydrogen-bond donors (Lipinski definition) is 1. The molecule has 0 heterocycles. The summed E-state index contributed by atoms with van der Waals surface area (Å²) in [4.78, 5) is 10.9. The number of ether oxygens (including phenoxy) is 2. The van der Waals surface area contributed by atoms with Gasteiger partial charge in [-0.1, -0.05) is 13.3 Å². The van der Waals surface area contributed by atoms with E-state index in [9.17, 15) is 4.79 Å². The van der Waals surface area contributed by atoms with Crippen molar-refractivity contribution in [1.82, 2.24) is 0 Å². The highest BCUT2D eigenvalue weighted by Crippen LogP contribution is 2.26. The molecule has 1 N–H and O–H groups in total. The molecule has 0 aromatic rings. The van der Waals surface area contributed by atoms with E-state index in [1.54, 1.807) is 6.92 Å². The lowest BCUT2D eigenvalue weighted by molar-refractivity contribution is -0.133. The average molecular weight is 232 g/mol. The van der Waals surface area contributed by atoms with Crippen LogP contribution < -0.4 is 0 Å². The Balaban J connectivity index is 5.20. The number of methoxy groups -OCH3 is 2. The third kappa shape index (κ3) is 3.77. The summed E-state index contributed by atoms with van der Waals surface area (Å²) in [5.41, 5.74) is 1.37. The van der Waals surface area contributed by atoms with Gasteiger partial charge in [-0.3, -0.25) is 0 Å². The van der Waals surface area contributed by atoms with Crippen molar-refractivity contribution in [2.75, 3.05) is 14.2 Å². The van der Waals surface area contributed by atoms with E-state index >= 15 is 0 Å². The number of carbonyl (C=O) groups is 1. The minimum atomic E-state index is -0.904. The first-order valence-electron chi connectivity index (χ1n) is 4.99. The van der Waals surface area contributed by atoms with E-state index in [0.717, 1.165) is 22.2 Å². The molecule has 0 spiro atoms. The zero-order chi connectivity index (χ0) is 12.0. The van der Waals surface area contributed by atoms with Crippen LogP contribution in [-0.2, 0) is 14.3 Å². The molecule has 1 unspecified atom stereocenters. The number of carboxylic acids is 1. The third-order valence-electron chi connectivity index (χ3n) is 2.58. The van der Waals surface area contributed by atoms with Gasteiger partial charge in [-0.25, -0.2) is 4.79 Å². The van der Waals surface area contributed by atoms with E-state index in [-0.39, 0.29) is 5.54 Å². The molecule has 0 fully saturated rings. The second kappa shape index (κ2) is 6.76. The third-order valence-corrected chi connectivity index (χ3v) is 4.02. The molecular weight excluding hydrogens is 212 g/mol. The fourth-order valence-electron chi connectivity index (χ4n) is 1.47. The fraction of sp³-hybridized carbons (Fsp3) is 0.700. The molecular formula is C10H20O4Si. The summed E-state index contributed by atoms with van der Waals surface area (Å²) in [5, 5.41) is 8.98. The van der Waals surface area contributed by atoms with Gasteiger partial charge < -0.3 is 14.6 Å². The Hall–Kier alpha value is -0.653. The van der Waals surface area contributed by atoms with Crippen LogP contribution in [0.4, 0.5) is 0 Å². The van der Waals surface area contributed by atoms with Crippen LogP contribution in [0.25, 0.3) is 0 Å². The van der Waals surface area contributed by atoms with Crippen molar-refractivity contribution >= 4 is 16.2 Å². The summed E-state index contributed by atoms with van der Waals surface area (Å²) >= 11 is 0. The fourth-order valence-corrected chi connectivity index (χ4v) is 2.18. The van der Waals surface area contributed by atoms with Crippen LogP contribution in [0.2, 0.25) is 5.54 Å². The van der Waals surface area contributed by atoms with Crippen LogP contribution >= 0.6 is 0 Å². The lowest BCUT2D eigenvalue weighted by Crippen LogP contribution is -2.23. The summed E-state index contributed by atoms with van der Waals surface area (Å²) in [6.07, 6.45) is 0.374. The van der Waals surface area contributed by atoms with E-state index in [1.807, 2.05) is 6.92 Å². The number of rotatable bonds is 6. The maximum Gasteiger partial charge on any atom is 0.331 e. The van der Waals surface area contributed by atoms with Crippen molar-refractivity contribution in [1.29, 1.82) is 0 Å². The van der Waals surface area contributed by atoms with Gasteiger partial charge in [-0.05, 0) is 18.0 Å². The first-order valence-corrected chi connectivity index (χ1v) is 6.14. The van der Waals surface area contributed by atoms with Crippen molar-refractivity contribution in [3.63, 3.8) is 0 Å². The predicted octanol–water partition coefficient (Wildman–Crippen LogP) is 0.570. The zero-order valence-electron chi connectivity index (χ0n) is 10.0. The molecule has 0 aliphatic carbocycles. The van der Waals surface area contributed by atoms with E-state index in [1.165, 1.54) is 14.2 Å². The lowest BCUT2D eigenvalue weighted by atomic mass is 10.0. The number of carboxylic acid groups (broad SMARTS) is 1. The predicted molar refractivity (Wildman–Crippen MR) is 62.1 cm³/mol. The van der Waals surface area contributed by atoms with Gasteiger partial charge in [0.1, 0.15) is 0 Å². The smallest absolute Gasteiger partial charge is 0.331 e. The SMILES string of the molecule is CCC([SiH3])C(=C(C)C(=O)O)C(OC)OC. The first-order chi connectivity index (χ1) is 6.99. The molecule has 1 atom stereocenters. The Kier molecular flexibility index (Phi) is 6.47. The van der Waals surface area contributed by atoms with Crippen LogP contribution in [0, 0.1) is 0 Å². The molecule has 0 radical (unpaired) electrons. The lowest BCUT2D eigenvalue weighted by Gasteiger charge is -2.23. The molecule has 0 aliphatic rings. The molecule has 15 heavy (non-hydrogen) atoms. The van der Waals surface area contributed by atoms with Gasteiger partial charge in [0.15, 0.2) is 6.29 Å². The molecule has 5 heteroatoms. The first kappa shape index (κ1) is 14.3. The maximum absolute atomic E-state index is 10.9. The highest BCUT2D eigenvalue weighted by atomic mass is 28.1. The quantitative estimate of drug-likeness (QED) is 0.413. The van der Waals surface area contributed by atoms with Gasteiger partial charge in [0.25, 0.3) is 0 Å². The topological polar surface area (TPSA) is 55.8 Å². The highest BCUT2D eigenvalue weighted by molar-refractivity contribution is 6.14. The van der Waals surface area contributed by atoms with Crippen LogP contribution in [0.5, 0.6) is 0 Å². The molecule has 0 rings (SSSR count). The summed E-state index contributed by atoms with van der Waals surface area (Å²) in [6.45, 7) is 3.64. The van der Waals surface area contributed by atoms with Crippen molar-refractivity contribution in [3.8, 4) is 0 Å². The summed E-state index contributed by atoms with van der Waals surface area (Å²) in [6, 6.07) is 0. The summed E-state index contributed by atoms with van der Waals surface area (Å²) in [7, 11) is 3.93. The van der Waals surface area contributed by atoms with Crippen molar-refractivity contribution in [2.24, 2.45) is 0 Å². The highest BCUT2D eigenvalue weighted by Gasteiger charge is 2.23. The van der Waals surface area contributed by atoms with Crippen LogP contribution in [0.15, 0.2) is 11.1 Å². The van der Waals surface area contributed by atoms with E-state index in [0.29, 0.717) is 5.57 Å². The molecule has 0 amide bonds. The summed E-state index contributed by atoms with van der Waals surface area (Å²) < 4.78 is 10.3. The van der Waals surface area contributed by atoms with E-state index < -0.39 is 12.3 Å². The Morgan fingerprint density at radius 1 is 1.40 bits per heavy atom. The number of hydrogen-bond acceptors (Lipinski definition) is 3. The second-order valence-corrected chi connectivity index (χ2v) is 4.89. The van der Waals surface area contributed by atoms with Crippen molar-refractivity contribution in [3.05, 3.63) is 11.1 Å². The van der Waals surface area contributed by atoms with Gasteiger partial charge in [0.05, 0.1) is 0 Å². The van der Waals surface area contributed by atoms with Gasteiger partial charge in [0.2, 0.25) is 0 Å². The minimum Gasteiger partial charge on any atom is -0.478 e. The van der Waals surface area contributed by atoms with Gasteiger partial charge in [0, 0.05) is 30.0 Å². The molecule has 0 aliphatic heterocycles. The van der Waals surface area contributed by atoms with Gasteiger partial charge in [-0.15, -0.1) is 0 Å². The normalized spacial score (nSPS) is 15.3. The van der Waals surface area contributed by atoms with Crippen LogP contribution in [0.1, 0.15) is 20.3 Å².